The highest BCUT2D eigenvalue weighted by Gasteiger charge is 2.40. The fourth-order valence-corrected chi connectivity index (χ4v) is 4.92. The van der Waals surface area contributed by atoms with Crippen LogP contribution in [0.25, 0.3) is 0 Å². The number of carbonyl (C=O) groups is 2. The Morgan fingerprint density at radius 2 is 1.90 bits per heavy atom. The number of rotatable bonds is 11. The maximum Gasteiger partial charge on any atom is 0.309 e. The molecule has 0 aromatic heterocycles. The lowest BCUT2D eigenvalue weighted by Gasteiger charge is -2.42. The van der Waals surface area contributed by atoms with Gasteiger partial charge in [-0.3, -0.25) is 9.59 Å². The van der Waals surface area contributed by atoms with Crippen molar-refractivity contribution in [3.05, 3.63) is 23.8 Å². The van der Waals surface area contributed by atoms with Gasteiger partial charge in [0.1, 0.15) is 6.10 Å². The first-order chi connectivity index (χ1) is 14.3. The summed E-state index contributed by atoms with van der Waals surface area (Å²) in [5.41, 5.74) is 1.21. The van der Waals surface area contributed by atoms with Crippen molar-refractivity contribution in [2.45, 2.75) is 90.4 Å². The zero-order chi connectivity index (χ0) is 22.3. The number of allylic oxidation sites excluding steroid dienone is 3. The minimum atomic E-state index is -1.07. The van der Waals surface area contributed by atoms with Gasteiger partial charge in [0.15, 0.2) is 0 Å². The molecule has 0 heterocycles. The lowest BCUT2D eigenvalue weighted by Crippen LogP contribution is -2.40. The minimum absolute atomic E-state index is 0.0592. The zero-order valence-corrected chi connectivity index (χ0v) is 18.5. The Morgan fingerprint density at radius 3 is 2.53 bits per heavy atom. The number of fused-ring (bicyclic) bond motifs is 1. The summed E-state index contributed by atoms with van der Waals surface area (Å²) < 4.78 is 6.02. The molecule has 0 fully saturated rings. The van der Waals surface area contributed by atoms with Gasteiger partial charge in [0.25, 0.3) is 0 Å². The molecule has 3 N–H and O–H groups in total. The lowest BCUT2D eigenvalue weighted by molar-refractivity contribution is -0.158. The van der Waals surface area contributed by atoms with Crippen LogP contribution in [0.15, 0.2) is 23.8 Å². The van der Waals surface area contributed by atoms with E-state index in [1.54, 1.807) is 0 Å². The first kappa shape index (κ1) is 24.6. The zero-order valence-electron chi connectivity index (χ0n) is 18.5. The summed E-state index contributed by atoms with van der Waals surface area (Å²) in [6.07, 6.45) is 8.80. The molecule has 30 heavy (non-hydrogen) atoms. The van der Waals surface area contributed by atoms with Crippen LogP contribution in [0.5, 0.6) is 0 Å². The van der Waals surface area contributed by atoms with E-state index in [1.165, 1.54) is 5.57 Å². The van der Waals surface area contributed by atoms with E-state index in [4.69, 9.17) is 9.84 Å². The van der Waals surface area contributed by atoms with E-state index in [0.717, 1.165) is 32.1 Å². The van der Waals surface area contributed by atoms with Crippen LogP contribution >= 0.6 is 0 Å². The molecule has 2 rings (SSSR count). The molecular weight excluding hydrogens is 384 g/mol. The molecule has 6 unspecified atom stereocenters. The van der Waals surface area contributed by atoms with Crippen molar-refractivity contribution in [2.24, 2.45) is 23.7 Å². The van der Waals surface area contributed by atoms with Gasteiger partial charge in [0.2, 0.25) is 0 Å². The molecule has 6 nitrogen and oxygen atoms in total. The summed E-state index contributed by atoms with van der Waals surface area (Å²) in [4.78, 5) is 23.4. The second-order valence-electron chi connectivity index (χ2n) is 8.90. The van der Waals surface area contributed by atoms with Gasteiger partial charge >= 0.3 is 11.9 Å². The number of aliphatic hydroxyl groups excluding tert-OH is 2. The van der Waals surface area contributed by atoms with Gasteiger partial charge in [-0.2, -0.15) is 0 Å². The smallest absolute Gasteiger partial charge is 0.309 e. The van der Waals surface area contributed by atoms with Crippen LogP contribution in [0, 0.1) is 23.7 Å². The van der Waals surface area contributed by atoms with Crippen molar-refractivity contribution in [1.29, 1.82) is 0 Å². The third-order valence-corrected chi connectivity index (χ3v) is 6.72. The first-order valence-electron chi connectivity index (χ1n) is 11.4. The van der Waals surface area contributed by atoms with Gasteiger partial charge < -0.3 is 20.1 Å². The Bertz CT molecular complexity index is 636. The molecule has 0 spiro atoms. The SMILES string of the molecule is CCC(CC)C(=O)OC1CCC=C2C=CC(C)C(CCC(O)CC(O)CC(=O)O)C21. The van der Waals surface area contributed by atoms with Crippen LogP contribution in [0.3, 0.4) is 0 Å². The number of ether oxygens (including phenoxy) is 1. The second kappa shape index (κ2) is 11.7. The largest absolute Gasteiger partial charge is 0.481 e. The highest BCUT2D eigenvalue weighted by Crippen LogP contribution is 2.44. The Labute approximate surface area is 180 Å². The van der Waals surface area contributed by atoms with Gasteiger partial charge in [-0.1, -0.05) is 39.0 Å². The normalized spacial score (nSPS) is 27.9. The van der Waals surface area contributed by atoms with Gasteiger partial charge in [0, 0.05) is 5.92 Å². The minimum Gasteiger partial charge on any atom is -0.481 e. The number of hydrogen-bond donors (Lipinski definition) is 3. The number of carboxylic acid groups (broad SMARTS) is 1. The summed E-state index contributed by atoms with van der Waals surface area (Å²) in [5, 5.41) is 28.9. The highest BCUT2D eigenvalue weighted by molar-refractivity contribution is 5.72. The van der Waals surface area contributed by atoms with E-state index in [0.29, 0.717) is 6.42 Å². The highest BCUT2D eigenvalue weighted by atomic mass is 16.5. The molecule has 0 aliphatic heterocycles. The number of hydrogen-bond acceptors (Lipinski definition) is 5. The molecule has 0 saturated carbocycles. The van der Waals surface area contributed by atoms with Crippen LogP contribution in [0.4, 0.5) is 0 Å². The molecule has 6 atom stereocenters. The van der Waals surface area contributed by atoms with Crippen LogP contribution in [-0.4, -0.2) is 45.6 Å². The number of carboxylic acids is 1. The van der Waals surface area contributed by atoms with Gasteiger partial charge in [0.05, 0.1) is 24.5 Å². The molecule has 0 radical (unpaired) electrons. The Kier molecular flexibility index (Phi) is 9.56. The third kappa shape index (κ3) is 6.67. The molecular formula is C24H38O6. The van der Waals surface area contributed by atoms with E-state index in [9.17, 15) is 19.8 Å². The molecule has 2 aliphatic rings. The predicted molar refractivity (Wildman–Crippen MR) is 115 cm³/mol. The van der Waals surface area contributed by atoms with Crippen LogP contribution in [0.1, 0.15) is 72.1 Å². The Hall–Kier alpha value is -1.66. The number of esters is 1. The quantitative estimate of drug-likeness (QED) is 0.437. The summed E-state index contributed by atoms with van der Waals surface area (Å²) in [6, 6.07) is 0. The summed E-state index contributed by atoms with van der Waals surface area (Å²) >= 11 is 0. The van der Waals surface area contributed by atoms with Crippen molar-refractivity contribution >= 4 is 11.9 Å². The topological polar surface area (TPSA) is 104 Å². The first-order valence-corrected chi connectivity index (χ1v) is 11.4. The fraction of sp³-hybridized carbons (Fsp3) is 0.750. The van der Waals surface area contributed by atoms with Crippen LogP contribution < -0.4 is 0 Å². The molecule has 0 aromatic rings. The van der Waals surface area contributed by atoms with Crippen molar-refractivity contribution < 1.29 is 29.6 Å². The van der Waals surface area contributed by atoms with Crippen molar-refractivity contribution in [3.8, 4) is 0 Å². The van der Waals surface area contributed by atoms with Crippen molar-refractivity contribution in [1.82, 2.24) is 0 Å². The molecule has 170 valence electrons. The standard InChI is InChI=1S/C24H38O6/c1-4-16(5-2)24(29)30-21-8-6-7-17-10-9-15(3)20(23(17)21)12-11-18(25)13-19(26)14-22(27)28/h7,9-10,15-16,18-21,23,25-26H,4-6,8,11-14H2,1-3H3,(H,27,28). The maximum absolute atomic E-state index is 12.6. The van der Waals surface area contributed by atoms with Crippen LogP contribution in [-0.2, 0) is 14.3 Å². The van der Waals surface area contributed by atoms with Crippen molar-refractivity contribution in [3.63, 3.8) is 0 Å². The van der Waals surface area contributed by atoms with Crippen LogP contribution in [0.2, 0.25) is 0 Å². The van der Waals surface area contributed by atoms with E-state index in [1.807, 2.05) is 13.8 Å². The monoisotopic (exact) mass is 422 g/mol. The lowest BCUT2D eigenvalue weighted by atomic mass is 9.66. The second-order valence-corrected chi connectivity index (χ2v) is 8.90. The molecule has 6 heteroatoms. The van der Waals surface area contributed by atoms with Gasteiger partial charge in [-0.15, -0.1) is 0 Å². The fourth-order valence-electron chi connectivity index (χ4n) is 4.92. The van der Waals surface area contributed by atoms with E-state index >= 15 is 0 Å². The molecule has 0 amide bonds. The van der Waals surface area contributed by atoms with Crippen molar-refractivity contribution in [2.75, 3.05) is 0 Å². The number of aliphatic hydroxyl groups is 2. The molecule has 0 aromatic carbocycles. The molecule has 2 aliphatic carbocycles. The summed E-state index contributed by atoms with van der Waals surface area (Å²) in [6.45, 7) is 6.17. The average molecular weight is 423 g/mol. The maximum atomic E-state index is 12.6. The Morgan fingerprint density at radius 1 is 1.20 bits per heavy atom. The molecule has 0 bridgehead atoms. The molecule has 0 saturated heterocycles. The number of carbonyl (C=O) groups excluding carboxylic acids is 1. The summed E-state index contributed by atoms with van der Waals surface area (Å²) in [5.74, 6) is -0.605. The van der Waals surface area contributed by atoms with E-state index < -0.39 is 18.2 Å². The average Bonchev–Trinajstić information content (AvgIpc) is 2.67. The predicted octanol–water partition coefficient (Wildman–Crippen LogP) is 3.86. The third-order valence-electron chi connectivity index (χ3n) is 6.72. The van der Waals surface area contributed by atoms with Gasteiger partial charge in [-0.05, 0) is 62.4 Å². The number of aliphatic carboxylic acids is 1. The summed E-state index contributed by atoms with van der Waals surface area (Å²) in [7, 11) is 0. The van der Waals surface area contributed by atoms with Gasteiger partial charge in [-0.25, -0.2) is 0 Å². The Balaban J connectivity index is 2.05. The van der Waals surface area contributed by atoms with E-state index in [2.05, 4.69) is 25.2 Å². The van der Waals surface area contributed by atoms with E-state index in [-0.39, 0.29) is 48.6 Å².